The van der Waals surface area contributed by atoms with Crippen LogP contribution in [0.25, 0.3) is 16.5 Å². The largest absolute Gasteiger partial charge is 0.461 e. The van der Waals surface area contributed by atoms with Gasteiger partial charge in [-0.25, -0.2) is 0 Å². The van der Waals surface area contributed by atoms with E-state index < -0.39 is 0 Å². The van der Waals surface area contributed by atoms with Crippen molar-refractivity contribution in [1.29, 1.82) is 0 Å². The molecule has 0 bridgehead atoms. The summed E-state index contributed by atoms with van der Waals surface area (Å²) in [5, 5.41) is 1.15. The quantitative estimate of drug-likeness (QED) is 0.638. The van der Waals surface area contributed by atoms with E-state index in [0.29, 0.717) is 0 Å². The fourth-order valence-electron chi connectivity index (χ4n) is 1.53. The molecule has 66 valence electrons. The van der Waals surface area contributed by atoms with Crippen LogP contribution in [-0.4, -0.2) is 0 Å². The average Bonchev–Trinajstić information content (AvgIpc) is 2.43. The van der Waals surface area contributed by atoms with Crippen molar-refractivity contribution >= 4 is 16.5 Å². The second-order valence-electron chi connectivity index (χ2n) is 3.36. The summed E-state index contributed by atoms with van der Waals surface area (Å²) in [4.78, 5) is 0. The third-order valence-electron chi connectivity index (χ3n) is 2.13. The number of para-hydroxylation sites is 1. The molecule has 0 fully saturated rings. The number of fused-ring (bicyclic) bond motifs is 1. The molecule has 0 aliphatic heterocycles. The smallest absolute Gasteiger partial charge is 0.141 e. The van der Waals surface area contributed by atoms with Crippen molar-refractivity contribution in [2.75, 3.05) is 0 Å². The van der Waals surface area contributed by atoms with Crippen LogP contribution >= 0.6 is 0 Å². The Bertz CT molecular complexity index is 463. The predicted molar refractivity (Wildman–Crippen MR) is 55.7 cm³/mol. The van der Waals surface area contributed by atoms with Crippen molar-refractivity contribution in [2.45, 2.75) is 13.8 Å². The van der Waals surface area contributed by atoms with E-state index in [1.54, 1.807) is 0 Å². The summed E-state index contributed by atoms with van der Waals surface area (Å²) in [6.45, 7) is 7.88. The summed E-state index contributed by atoms with van der Waals surface area (Å²) in [6, 6.07) is 8.16. The number of allylic oxidation sites excluding steroid dienone is 1. The van der Waals surface area contributed by atoms with Crippen LogP contribution in [-0.2, 0) is 0 Å². The molecule has 1 aromatic carbocycles. The number of benzene rings is 1. The summed E-state index contributed by atoms with van der Waals surface area (Å²) in [5.41, 5.74) is 3.10. The Labute approximate surface area is 77.7 Å². The molecular weight excluding hydrogens is 160 g/mol. The third kappa shape index (κ3) is 1.26. The molecule has 1 aromatic heterocycles. The van der Waals surface area contributed by atoms with Gasteiger partial charge in [-0.05, 0) is 25.5 Å². The highest BCUT2D eigenvalue weighted by Gasteiger charge is 2.05. The Morgan fingerprint density at radius 2 is 2.15 bits per heavy atom. The molecule has 0 N–H and O–H groups in total. The van der Waals surface area contributed by atoms with Crippen LogP contribution in [0.5, 0.6) is 0 Å². The van der Waals surface area contributed by atoms with Crippen LogP contribution in [0.2, 0.25) is 0 Å². The second kappa shape index (κ2) is 2.77. The summed E-state index contributed by atoms with van der Waals surface area (Å²) < 4.78 is 5.60. The molecule has 0 aliphatic rings. The fourth-order valence-corrected chi connectivity index (χ4v) is 1.53. The van der Waals surface area contributed by atoms with E-state index in [0.717, 1.165) is 27.9 Å². The number of aryl methyl sites for hydroxylation is 1. The molecule has 2 aromatic rings. The molecule has 1 heteroatoms. The molecule has 13 heavy (non-hydrogen) atoms. The molecular formula is C12H12O. The first-order valence-corrected chi connectivity index (χ1v) is 4.33. The molecule has 0 aliphatic carbocycles. The van der Waals surface area contributed by atoms with E-state index in [2.05, 4.69) is 12.6 Å². The zero-order valence-corrected chi connectivity index (χ0v) is 7.92. The van der Waals surface area contributed by atoms with Crippen LogP contribution in [0.15, 0.2) is 35.3 Å². The van der Waals surface area contributed by atoms with Crippen LogP contribution in [0.3, 0.4) is 0 Å². The molecule has 0 radical (unpaired) electrons. The van der Waals surface area contributed by atoms with Crippen LogP contribution in [0.1, 0.15) is 18.2 Å². The molecule has 1 heterocycles. The fraction of sp³-hybridized carbons (Fsp3) is 0.167. The zero-order valence-electron chi connectivity index (χ0n) is 7.92. The minimum atomic E-state index is 0.948. The predicted octanol–water partition coefficient (Wildman–Crippen LogP) is 3.77. The number of furan rings is 1. The number of rotatable bonds is 1. The lowest BCUT2D eigenvalue weighted by molar-refractivity contribution is 0.577. The minimum Gasteiger partial charge on any atom is -0.461 e. The molecule has 1 nitrogen and oxygen atoms in total. The molecule has 0 atom stereocenters. The first-order valence-electron chi connectivity index (χ1n) is 4.33. The molecule has 0 amide bonds. The highest BCUT2D eigenvalue weighted by Crippen LogP contribution is 2.26. The van der Waals surface area contributed by atoms with Gasteiger partial charge < -0.3 is 4.42 Å². The van der Waals surface area contributed by atoms with Crippen molar-refractivity contribution in [3.05, 3.63) is 42.2 Å². The summed E-state index contributed by atoms with van der Waals surface area (Å²) in [7, 11) is 0. The van der Waals surface area contributed by atoms with Gasteiger partial charge in [0.1, 0.15) is 11.3 Å². The van der Waals surface area contributed by atoms with E-state index in [-0.39, 0.29) is 0 Å². The van der Waals surface area contributed by atoms with Crippen molar-refractivity contribution in [3.63, 3.8) is 0 Å². The SMILES string of the molecule is C=C(C)c1cccc2cc(C)oc12. The number of hydrogen-bond acceptors (Lipinski definition) is 1. The Morgan fingerprint density at radius 1 is 1.38 bits per heavy atom. The van der Waals surface area contributed by atoms with Gasteiger partial charge in [-0.3, -0.25) is 0 Å². The van der Waals surface area contributed by atoms with Gasteiger partial charge in [0.15, 0.2) is 0 Å². The Hall–Kier alpha value is -1.50. The van der Waals surface area contributed by atoms with E-state index in [9.17, 15) is 0 Å². The zero-order chi connectivity index (χ0) is 9.42. The maximum atomic E-state index is 5.60. The standard InChI is InChI=1S/C12H12O/c1-8(2)11-6-4-5-10-7-9(3)13-12(10)11/h4-7H,1H2,2-3H3. The van der Waals surface area contributed by atoms with Crippen molar-refractivity contribution in [2.24, 2.45) is 0 Å². The van der Waals surface area contributed by atoms with Crippen molar-refractivity contribution in [1.82, 2.24) is 0 Å². The highest BCUT2D eigenvalue weighted by molar-refractivity contribution is 5.89. The Kier molecular flexibility index (Phi) is 1.73. The van der Waals surface area contributed by atoms with Crippen molar-refractivity contribution < 1.29 is 4.42 Å². The van der Waals surface area contributed by atoms with E-state index in [1.807, 2.05) is 32.0 Å². The maximum absolute atomic E-state index is 5.60. The topological polar surface area (TPSA) is 13.1 Å². The molecule has 0 spiro atoms. The molecule has 0 saturated heterocycles. The summed E-state index contributed by atoms with van der Waals surface area (Å²) >= 11 is 0. The van der Waals surface area contributed by atoms with Crippen LogP contribution in [0, 0.1) is 6.92 Å². The van der Waals surface area contributed by atoms with Gasteiger partial charge in [-0.15, -0.1) is 0 Å². The van der Waals surface area contributed by atoms with Crippen LogP contribution in [0.4, 0.5) is 0 Å². The monoisotopic (exact) mass is 172 g/mol. The van der Waals surface area contributed by atoms with Gasteiger partial charge >= 0.3 is 0 Å². The average molecular weight is 172 g/mol. The van der Waals surface area contributed by atoms with Gasteiger partial charge in [0.2, 0.25) is 0 Å². The lowest BCUT2D eigenvalue weighted by Crippen LogP contribution is -1.77. The van der Waals surface area contributed by atoms with E-state index in [1.165, 1.54) is 0 Å². The lowest BCUT2D eigenvalue weighted by Gasteiger charge is -1.99. The normalized spacial score (nSPS) is 10.6. The second-order valence-corrected chi connectivity index (χ2v) is 3.36. The van der Waals surface area contributed by atoms with Crippen molar-refractivity contribution in [3.8, 4) is 0 Å². The van der Waals surface area contributed by atoms with Crippen LogP contribution < -0.4 is 0 Å². The van der Waals surface area contributed by atoms with E-state index in [4.69, 9.17) is 4.42 Å². The molecule has 2 rings (SSSR count). The minimum absolute atomic E-state index is 0.948. The van der Waals surface area contributed by atoms with E-state index >= 15 is 0 Å². The van der Waals surface area contributed by atoms with Gasteiger partial charge in [0.05, 0.1) is 0 Å². The molecule has 0 saturated carbocycles. The highest BCUT2D eigenvalue weighted by atomic mass is 16.3. The summed E-state index contributed by atoms with van der Waals surface area (Å²) in [5.74, 6) is 0.948. The third-order valence-corrected chi connectivity index (χ3v) is 2.13. The van der Waals surface area contributed by atoms with Gasteiger partial charge in [-0.2, -0.15) is 0 Å². The maximum Gasteiger partial charge on any atom is 0.141 e. The first-order chi connectivity index (χ1) is 6.18. The lowest BCUT2D eigenvalue weighted by atomic mass is 10.1. The van der Waals surface area contributed by atoms with Gasteiger partial charge in [0, 0.05) is 10.9 Å². The Balaban J connectivity index is 2.82. The number of hydrogen-bond donors (Lipinski definition) is 0. The van der Waals surface area contributed by atoms with Gasteiger partial charge in [0.25, 0.3) is 0 Å². The molecule has 0 unspecified atom stereocenters. The Morgan fingerprint density at radius 3 is 2.85 bits per heavy atom. The first kappa shape index (κ1) is 8.11. The summed E-state index contributed by atoms with van der Waals surface area (Å²) in [6.07, 6.45) is 0. The van der Waals surface area contributed by atoms with Gasteiger partial charge in [-0.1, -0.05) is 24.8 Å².